The van der Waals surface area contributed by atoms with Gasteiger partial charge in [0.2, 0.25) is 0 Å². The zero-order valence-corrected chi connectivity index (χ0v) is 20.7. The molecule has 5 heteroatoms. The Hall–Kier alpha value is -3.21. The van der Waals surface area contributed by atoms with Crippen molar-refractivity contribution < 1.29 is 4.79 Å². The molecule has 2 aromatic carbocycles. The minimum Gasteiger partial charge on any atom is -0.309 e. The van der Waals surface area contributed by atoms with Crippen LogP contribution < -0.4 is 0 Å². The van der Waals surface area contributed by atoms with Gasteiger partial charge in [-0.05, 0) is 81.9 Å². The SMILES string of the molecule is Cc1ccccc1-n1c(-c2ccc(C(=O)CCCCN(C)C)cc2)ccc1-c1ccc(Cl)cn1. The van der Waals surface area contributed by atoms with Gasteiger partial charge in [-0.25, -0.2) is 0 Å². The number of rotatable bonds is 9. The van der Waals surface area contributed by atoms with E-state index in [0.717, 1.165) is 53.3 Å². The van der Waals surface area contributed by atoms with E-state index in [1.807, 2.05) is 48.5 Å². The predicted octanol–water partition coefficient (Wildman–Crippen LogP) is 7.08. The van der Waals surface area contributed by atoms with Gasteiger partial charge < -0.3 is 9.47 Å². The van der Waals surface area contributed by atoms with Gasteiger partial charge in [-0.2, -0.15) is 0 Å². The van der Waals surface area contributed by atoms with E-state index < -0.39 is 0 Å². The van der Waals surface area contributed by atoms with Crippen LogP contribution in [0.1, 0.15) is 35.2 Å². The molecule has 0 saturated heterocycles. The van der Waals surface area contributed by atoms with Crippen molar-refractivity contribution in [3.05, 3.63) is 95.1 Å². The number of nitrogens with zero attached hydrogens (tertiary/aromatic N) is 3. The molecule has 2 aromatic heterocycles. The van der Waals surface area contributed by atoms with Crippen LogP contribution in [0.3, 0.4) is 0 Å². The van der Waals surface area contributed by atoms with Crippen molar-refractivity contribution in [2.45, 2.75) is 26.2 Å². The van der Waals surface area contributed by atoms with Gasteiger partial charge in [0, 0.05) is 23.9 Å². The molecule has 0 N–H and O–H groups in total. The third kappa shape index (κ3) is 5.46. The van der Waals surface area contributed by atoms with Gasteiger partial charge in [0.1, 0.15) is 0 Å². The smallest absolute Gasteiger partial charge is 0.162 e. The lowest BCUT2D eigenvalue weighted by Crippen LogP contribution is -2.13. The largest absolute Gasteiger partial charge is 0.309 e. The Morgan fingerprint density at radius 2 is 1.65 bits per heavy atom. The Morgan fingerprint density at radius 3 is 2.32 bits per heavy atom. The number of carbonyl (C=O) groups excluding carboxylic acids is 1. The third-order valence-electron chi connectivity index (χ3n) is 5.99. The topological polar surface area (TPSA) is 38.1 Å². The molecule has 0 amide bonds. The van der Waals surface area contributed by atoms with E-state index in [2.05, 4.69) is 59.7 Å². The number of halogens is 1. The van der Waals surface area contributed by atoms with Crippen LogP contribution in [-0.4, -0.2) is 40.9 Å². The second-order valence-electron chi connectivity index (χ2n) is 8.85. The van der Waals surface area contributed by atoms with E-state index >= 15 is 0 Å². The standard InChI is InChI=1S/C29H30ClN3O/c1-21-8-4-5-9-26(21)33-27(17-18-28(33)25-16-15-24(30)20-31-25)22-11-13-23(14-12-22)29(34)10-6-7-19-32(2)3/h4-5,8-9,11-18,20H,6-7,10,19H2,1-3H3. The molecule has 0 radical (unpaired) electrons. The lowest BCUT2D eigenvalue weighted by atomic mass is 10.0. The fourth-order valence-electron chi connectivity index (χ4n) is 4.15. The van der Waals surface area contributed by atoms with E-state index in [-0.39, 0.29) is 5.78 Å². The molecular formula is C29H30ClN3O. The van der Waals surface area contributed by atoms with Crippen LogP contribution in [0.2, 0.25) is 5.02 Å². The summed E-state index contributed by atoms with van der Waals surface area (Å²) in [5.41, 5.74) is 6.96. The van der Waals surface area contributed by atoms with Crippen molar-refractivity contribution >= 4 is 17.4 Å². The van der Waals surface area contributed by atoms with Crippen LogP contribution >= 0.6 is 11.6 Å². The predicted molar refractivity (Wildman–Crippen MR) is 141 cm³/mol. The van der Waals surface area contributed by atoms with Crippen molar-refractivity contribution in [1.82, 2.24) is 14.5 Å². The number of para-hydroxylation sites is 1. The maximum atomic E-state index is 12.6. The molecule has 0 aliphatic carbocycles. The summed E-state index contributed by atoms with van der Waals surface area (Å²) < 4.78 is 2.23. The van der Waals surface area contributed by atoms with E-state index in [1.165, 1.54) is 5.56 Å². The van der Waals surface area contributed by atoms with Crippen LogP contribution in [0, 0.1) is 6.92 Å². The molecule has 174 valence electrons. The van der Waals surface area contributed by atoms with Gasteiger partial charge >= 0.3 is 0 Å². The van der Waals surface area contributed by atoms with Gasteiger partial charge in [-0.3, -0.25) is 9.78 Å². The number of hydrogen-bond acceptors (Lipinski definition) is 3. The van der Waals surface area contributed by atoms with E-state index in [1.54, 1.807) is 6.20 Å². The number of aryl methyl sites for hydroxylation is 1. The third-order valence-corrected chi connectivity index (χ3v) is 6.21. The first-order valence-electron chi connectivity index (χ1n) is 11.6. The Labute approximate surface area is 206 Å². The number of Topliss-reactive ketones (excluding diaryl/α,β-unsaturated/α-hetero) is 1. The molecule has 0 unspecified atom stereocenters. The Kier molecular flexibility index (Phi) is 7.61. The minimum absolute atomic E-state index is 0.200. The summed E-state index contributed by atoms with van der Waals surface area (Å²) in [6.07, 6.45) is 4.19. The second-order valence-corrected chi connectivity index (χ2v) is 9.28. The van der Waals surface area contributed by atoms with Crippen molar-refractivity contribution in [1.29, 1.82) is 0 Å². The summed E-state index contributed by atoms with van der Waals surface area (Å²) in [7, 11) is 4.11. The number of benzene rings is 2. The van der Waals surface area contributed by atoms with E-state index in [0.29, 0.717) is 11.4 Å². The first-order valence-corrected chi connectivity index (χ1v) is 12.0. The van der Waals surface area contributed by atoms with Gasteiger partial charge in [0.25, 0.3) is 0 Å². The maximum absolute atomic E-state index is 12.6. The van der Waals surface area contributed by atoms with Crippen LogP contribution in [0.25, 0.3) is 28.3 Å². The Morgan fingerprint density at radius 1 is 0.912 bits per heavy atom. The summed E-state index contributed by atoms with van der Waals surface area (Å²) in [6.45, 7) is 3.11. The summed E-state index contributed by atoms with van der Waals surface area (Å²) >= 11 is 6.08. The highest BCUT2D eigenvalue weighted by Crippen LogP contribution is 2.33. The van der Waals surface area contributed by atoms with Crippen molar-refractivity contribution in [3.8, 4) is 28.3 Å². The molecule has 34 heavy (non-hydrogen) atoms. The number of hydrogen-bond donors (Lipinski definition) is 0. The summed E-state index contributed by atoms with van der Waals surface area (Å²) in [5.74, 6) is 0.200. The monoisotopic (exact) mass is 471 g/mol. The molecule has 2 heterocycles. The quantitative estimate of drug-likeness (QED) is 0.193. The molecule has 0 bridgehead atoms. The van der Waals surface area contributed by atoms with Gasteiger partial charge in [-0.15, -0.1) is 0 Å². The zero-order valence-electron chi connectivity index (χ0n) is 20.0. The highest BCUT2D eigenvalue weighted by atomic mass is 35.5. The Balaban J connectivity index is 1.66. The fourth-order valence-corrected chi connectivity index (χ4v) is 4.26. The first-order chi connectivity index (χ1) is 16.4. The van der Waals surface area contributed by atoms with Gasteiger partial charge in [-0.1, -0.05) is 54.1 Å². The van der Waals surface area contributed by atoms with E-state index in [9.17, 15) is 4.79 Å². The van der Waals surface area contributed by atoms with Gasteiger partial charge in [0.05, 0.1) is 22.1 Å². The average Bonchev–Trinajstić information content (AvgIpc) is 3.27. The molecule has 4 nitrogen and oxygen atoms in total. The molecule has 0 aliphatic heterocycles. The molecule has 0 saturated carbocycles. The molecular weight excluding hydrogens is 442 g/mol. The number of unbranched alkanes of at least 4 members (excludes halogenated alkanes) is 1. The van der Waals surface area contributed by atoms with E-state index in [4.69, 9.17) is 11.6 Å². The molecule has 0 atom stereocenters. The summed E-state index contributed by atoms with van der Waals surface area (Å²) in [4.78, 5) is 19.4. The minimum atomic E-state index is 0.200. The molecule has 0 spiro atoms. The van der Waals surface area contributed by atoms with Crippen LogP contribution in [-0.2, 0) is 0 Å². The highest BCUT2D eigenvalue weighted by Gasteiger charge is 2.16. The lowest BCUT2D eigenvalue weighted by molar-refractivity contribution is 0.0978. The van der Waals surface area contributed by atoms with Gasteiger partial charge in [0.15, 0.2) is 5.78 Å². The van der Waals surface area contributed by atoms with Crippen LogP contribution in [0.5, 0.6) is 0 Å². The normalized spacial score (nSPS) is 11.2. The maximum Gasteiger partial charge on any atom is 0.162 e. The lowest BCUT2D eigenvalue weighted by Gasteiger charge is -2.16. The van der Waals surface area contributed by atoms with Crippen molar-refractivity contribution in [2.75, 3.05) is 20.6 Å². The van der Waals surface area contributed by atoms with Crippen molar-refractivity contribution in [2.24, 2.45) is 0 Å². The number of aromatic nitrogens is 2. The number of pyridine rings is 1. The fraction of sp³-hybridized carbons (Fsp3) is 0.241. The Bertz CT molecular complexity index is 1260. The van der Waals surface area contributed by atoms with Crippen LogP contribution in [0.15, 0.2) is 79.0 Å². The number of ketones is 1. The second kappa shape index (κ2) is 10.8. The number of carbonyl (C=O) groups is 1. The molecule has 4 rings (SSSR count). The molecule has 0 fully saturated rings. The molecule has 4 aromatic rings. The highest BCUT2D eigenvalue weighted by molar-refractivity contribution is 6.30. The molecule has 0 aliphatic rings. The summed E-state index contributed by atoms with van der Waals surface area (Å²) in [6, 6.07) is 24.3. The first kappa shape index (κ1) is 23.9. The average molecular weight is 472 g/mol. The summed E-state index contributed by atoms with van der Waals surface area (Å²) in [5, 5.41) is 0.611. The zero-order chi connectivity index (χ0) is 24.1. The van der Waals surface area contributed by atoms with Crippen molar-refractivity contribution in [3.63, 3.8) is 0 Å². The van der Waals surface area contributed by atoms with Crippen LogP contribution in [0.4, 0.5) is 0 Å².